The molecule has 10 heteroatoms. The Hall–Kier alpha value is -3.01. The van der Waals surface area contributed by atoms with Crippen molar-refractivity contribution in [3.8, 4) is 0 Å². The number of ether oxygens (including phenoxy) is 1. The maximum atomic E-state index is 14.0. The van der Waals surface area contributed by atoms with Crippen LogP contribution in [0.1, 0.15) is 6.42 Å². The lowest BCUT2D eigenvalue weighted by atomic mass is 10.2. The number of hydrogen-bond acceptors (Lipinski definition) is 6. The summed E-state index contributed by atoms with van der Waals surface area (Å²) in [6.45, 7) is 4.38. The van der Waals surface area contributed by atoms with Gasteiger partial charge in [-0.2, -0.15) is 0 Å². The van der Waals surface area contributed by atoms with E-state index in [0.29, 0.717) is 31.8 Å². The fraction of sp³-hybridized carbons (Fsp3) is 0.250. The van der Waals surface area contributed by atoms with Crippen LogP contribution in [-0.4, -0.2) is 36.0 Å². The molecule has 0 amide bonds. The molecule has 1 atom stereocenters. The molecule has 0 aromatic heterocycles. The van der Waals surface area contributed by atoms with Gasteiger partial charge in [-0.05, 0) is 6.42 Å². The van der Waals surface area contributed by atoms with Crippen molar-refractivity contribution < 1.29 is 17.9 Å². The monoisotopic (exact) mass is 366 g/mol. The average molecular weight is 366 g/mol. The second-order valence-electron chi connectivity index (χ2n) is 5.67. The Morgan fingerprint density at radius 1 is 1.38 bits per heavy atom. The van der Waals surface area contributed by atoms with Crippen molar-refractivity contribution in [3.63, 3.8) is 0 Å². The van der Waals surface area contributed by atoms with Gasteiger partial charge in [-0.1, -0.05) is 6.58 Å². The zero-order chi connectivity index (χ0) is 18.8. The van der Waals surface area contributed by atoms with Crippen molar-refractivity contribution >= 4 is 17.5 Å². The number of rotatable bonds is 3. The van der Waals surface area contributed by atoms with Gasteiger partial charge in [-0.15, -0.1) is 0 Å². The molecular formula is C16H17F3N6O. The highest BCUT2D eigenvalue weighted by Gasteiger charge is 2.37. The van der Waals surface area contributed by atoms with E-state index in [1.54, 1.807) is 4.90 Å². The van der Waals surface area contributed by atoms with Gasteiger partial charge in [0.1, 0.15) is 23.0 Å². The van der Waals surface area contributed by atoms with Crippen molar-refractivity contribution in [1.82, 2.24) is 4.90 Å². The molecule has 1 saturated heterocycles. The van der Waals surface area contributed by atoms with Crippen LogP contribution in [0.15, 0.2) is 46.4 Å². The number of guanidine groups is 1. The Labute approximate surface area is 147 Å². The first-order chi connectivity index (χ1) is 12.4. The molecule has 0 spiro atoms. The van der Waals surface area contributed by atoms with Gasteiger partial charge in [0.15, 0.2) is 17.5 Å². The highest BCUT2D eigenvalue weighted by atomic mass is 19.1. The van der Waals surface area contributed by atoms with Gasteiger partial charge >= 0.3 is 0 Å². The quantitative estimate of drug-likeness (QED) is 0.754. The molecule has 0 unspecified atom stereocenters. The fourth-order valence-electron chi connectivity index (χ4n) is 2.73. The number of nitrogens with two attached hydrogens (primary N) is 2. The van der Waals surface area contributed by atoms with Crippen LogP contribution in [0.5, 0.6) is 0 Å². The van der Waals surface area contributed by atoms with E-state index in [0.717, 1.165) is 0 Å². The number of halogens is 3. The molecule has 2 heterocycles. The Balaban J connectivity index is 2.02. The number of benzene rings is 1. The molecule has 3 rings (SSSR count). The normalized spacial score (nSPS) is 23.0. The molecular weight excluding hydrogens is 349 g/mol. The van der Waals surface area contributed by atoms with E-state index in [2.05, 4.69) is 21.9 Å². The van der Waals surface area contributed by atoms with E-state index in [1.807, 2.05) is 0 Å². The predicted molar refractivity (Wildman–Crippen MR) is 91.5 cm³/mol. The summed E-state index contributed by atoms with van der Waals surface area (Å²) < 4.78 is 46.5. The van der Waals surface area contributed by atoms with E-state index in [-0.39, 0.29) is 29.4 Å². The van der Waals surface area contributed by atoms with Gasteiger partial charge in [0.05, 0.1) is 12.6 Å². The molecule has 138 valence electrons. The summed E-state index contributed by atoms with van der Waals surface area (Å²) in [5.74, 6) is -2.86. The van der Waals surface area contributed by atoms with Crippen molar-refractivity contribution in [2.45, 2.75) is 12.5 Å². The van der Waals surface area contributed by atoms with Crippen molar-refractivity contribution in [2.24, 2.45) is 21.5 Å². The third-order valence-electron chi connectivity index (χ3n) is 3.83. The van der Waals surface area contributed by atoms with Gasteiger partial charge < -0.3 is 21.5 Å². The van der Waals surface area contributed by atoms with Crippen LogP contribution in [0, 0.1) is 17.5 Å². The van der Waals surface area contributed by atoms with Crippen LogP contribution in [0.2, 0.25) is 0 Å². The van der Waals surface area contributed by atoms with Crippen LogP contribution in [0.25, 0.3) is 0 Å². The number of anilines is 1. The first kappa shape index (κ1) is 17.8. The summed E-state index contributed by atoms with van der Waals surface area (Å²) in [6, 6.07) is 0.934. The Morgan fingerprint density at radius 3 is 2.62 bits per heavy atom. The molecule has 1 aromatic rings. The molecule has 26 heavy (non-hydrogen) atoms. The SMILES string of the molecule is C=C(N)/N=C1\C(=C/N)N=C(Nc2c(F)cc(F)cc2F)N1[C@H]1CCOC1. The van der Waals surface area contributed by atoms with Crippen molar-refractivity contribution in [1.29, 1.82) is 0 Å². The lowest BCUT2D eigenvalue weighted by molar-refractivity contribution is 0.184. The molecule has 2 aliphatic heterocycles. The smallest absolute Gasteiger partial charge is 0.210 e. The molecule has 0 aliphatic carbocycles. The van der Waals surface area contributed by atoms with Crippen LogP contribution < -0.4 is 16.8 Å². The Morgan fingerprint density at radius 2 is 2.08 bits per heavy atom. The fourth-order valence-corrected chi connectivity index (χ4v) is 2.73. The van der Waals surface area contributed by atoms with Crippen LogP contribution in [0.4, 0.5) is 18.9 Å². The zero-order valence-electron chi connectivity index (χ0n) is 13.7. The molecule has 0 radical (unpaired) electrons. The van der Waals surface area contributed by atoms with E-state index < -0.39 is 23.1 Å². The summed E-state index contributed by atoms with van der Waals surface area (Å²) in [7, 11) is 0. The number of hydrogen-bond donors (Lipinski definition) is 3. The molecule has 5 N–H and O–H groups in total. The van der Waals surface area contributed by atoms with E-state index in [9.17, 15) is 13.2 Å². The van der Waals surface area contributed by atoms with Crippen LogP contribution >= 0.6 is 0 Å². The summed E-state index contributed by atoms with van der Waals surface area (Å²) in [5, 5.41) is 2.56. The highest BCUT2D eigenvalue weighted by Crippen LogP contribution is 2.27. The number of nitrogens with one attached hydrogen (secondary N) is 1. The molecule has 2 aliphatic rings. The van der Waals surface area contributed by atoms with Gasteiger partial charge in [-0.25, -0.2) is 23.2 Å². The maximum absolute atomic E-state index is 14.0. The highest BCUT2D eigenvalue weighted by molar-refractivity contribution is 6.18. The summed E-state index contributed by atoms with van der Waals surface area (Å²) >= 11 is 0. The van der Waals surface area contributed by atoms with Crippen molar-refractivity contribution in [2.75, 3.05) is 18.5 Å². The van der Waals surface area contributed by atoms with Crippen LogP contribution in [-0.2, 0) is 4.74 Å². The summed E-state index contributed by atoms with van der Waals surface area (Å²) in [5.41, 5.74) is 10.9. The molecule has 1 aromatic carbocycles. The van der Waals surface area contributed by atoms with E-state index >= 15 is 0 Å². The summed E-state index contributed by atoms with van der Waals surface area (Å²) in [6.07, 6.45) is 1.82. The first-order valence-electron chi connectivity index (χ1n) is 7.73. The molecule has 0 saturated carbocycles. The van der Waals surface area contributed by atoms with Crippen molar-refractivity contribution in [3.05, 3.63) is 53.9 Å². The number of aliphatic imine (C=N–C) groups is 2. The molecule has 1 fully saturated rings. The molecule has 7 nitrogen and oxygen atoms in total. The predicted octanol–water partition coefficient (Wildman–Crippen LogP) is 1.60. The van der Waals surface area contributed by atoms with Gasteiger partial charge in [0, 0.05) is 24.9 Å². The largest absolute Gasteiger partial charge is 0.403 e. The standard InChI is InChI=1S/C16H17F3N6O/c1-8(21)22-15-13(6-20)23-16(25(15)10-2-3-26-7-10)24-14-11(18)4-9(17)5-12(14)19/h4-6,10H,1-3,7,20-21H2,(H,23,24)/b13-6+,22-15+/t10-/m0/s1. The number of nitrogens with zero attached hydrogens (tertiary/aromatic N) is 3. The number of amidine groups is 1. The third kappa shape index (κ3) is 3.36. The van der Waals surface area contributed by atoms with Crippen LogP contribution in [0.3, 0.4) is 0 Å². The van der Waals surface area contributed by atoms with E-state index in [1.165, 1.54) is 6.20 Å². The minimum absolute atomic E-state index is 0.0128. The zero-order valence-corrected chi connectivity index (χ0v) is 13.7. The third-order valence-corrected chi connectivity index (χ3v) is 3.83. The van der Waals surface area contributed by atoms with Gasteiger partial charge in [0.2, 0.25) is 5.96 Å². The van der Waals surface area contributed by atoms with E-state index in [4.69, 9.17) is 16.2 Å². The minimum Gasteiger partial charge on any atom is -0.403 e. The van der Waals surface area contributed by atoms with Gasteiger partial charge in [-0.3, -0.25) is 4.90 Å². The second-order valence-corrected chi connectivity index (χ2v) is 5.67. The maximum Gasteiger partial charge on any atom is 0.210 e. The Kier molecular flexibility index (Phi) is 4.85. The minimum atomic E-state index is -1.10. The lowest BCUT2D eigenvalue weighted by Crippen LogP contribution is -2.45. The molecule has 0 bridgehead atoms. The Bertz CT molecular complexity index is 806. The average Bonchev–Trinajstić information content (AvgIpc) is 3.18. The first-order valence-corrected chi connectivity index (χ1v) is 7.73. The van der Waals surface area contributed by atoms with Gasteiger partial charge in [0.25, 0.3) is 0 Å². The summed E-state index contributed by atoms with van der Waals surface area (Å²) in [4.78, 5) is 9.94. The lowest BCUT2D eigenvalue weighted by Gasteiger charge is -2.27. The second kappa shape index (κ2) is 7.08. The topological polar surface area (TPSA) is 101 Å².